The van der Waals surface area contributed by atoms with Crippen molar-refractivity contribution in [2.45, 2.75) is 26.8 Å². The molecular weight excluding hydrogens is 382 g/mol. The number of aromatic nitrogens is 3. The largest absolute Gasteiger partial charge is 0.353 e. The number of aryl methyl sites for hydroxylation is 2. The highest BCUT2D eigenvalue weighted by molar-refractivity contribution is 7.09. The van der Waals surface area contributed by atoms with Crippen molar-refractivity contribution in [3.05, 3.63) is 64.0 Å². The minimum atomic E-state index is 0.216. The Morgan fingerprint density at radius 3 is 2.69 bits per heavy atom. The Morgan fingerprint density at radius 2 is 2.00 bits per heavy atom. The summed E-state index contributed by atoms with van der Waals surface area (Å²) in [6.45, 7) is 9.01. The quantitative estimate of drug-likeness (QED) is 0.561. The number of piperazine rings is 1. The molecule has 7 heteroatoms. The Kier molecular flexibility index (Phi) is 6.06. The lowest BCUT2D eigenvalue weighted by Gasteiger charge is -2.34. The van der Waals surface area contributed by atoms with Crippen LogP contribution >= 0.6 is 11.3 Å². The van der Waals surface area contributed by atoms with Crippen LogP contribution in [-0.4, -0.2) is 57.9 Å². The molecule has 4 heterocycles. The number of hydrogen-bond donors (Lipinski definition) is 0. The molecule has 3 aromatic heterocycles. The van der Waals surface area contributed by atoms with Crippen LogP contribution < -0.4 is 4.90 Å². The SMILES string of the molecule is Cc1cc(C(=O)CN2CCN(c3cnccn3)CC2)c(C)n1CCc1cccs1. The van der Waals surface area contributed by atoms with E-state index in [9.17, 15) is 4.79 Å². The van der Waals surface area contributed by atoms with E-state index in [1.165, 1.54) is 4.88 Å². The van der Waals surface area contributed by atoms with Gasteiger partial charge < -0.3 is 9.47 Å². The van der Waals surface area contributed by atoms with Crippen LogP contribution in [0.1, 0.15) is 26.6 Å². The highest BCUT2D eigenvalue weighted by atomic mass is 32.1. The van der Waals surface area contributed by atoms with E-state index in [0.717, 1.165) is 61.9 Å². The summed E-state index contributed by atoms with van der Waals surface area (Å²) in [5, 5.41) is 2.11. The molecule has 152 valence electrons. The van der Waals surface area contributed by atoms with Crippen molar-refractivity contribution in [1.82, 2.24) is 19.4 Å². The predicted octanol–water partition coefficient (Wildman–Crippen LogP) is 3.20. The van der Waals surface area contributed by atoms with E-state index in [4.69, 9.17) is 0 Å². The average molecular weight is 410 g/mol. The Hall–Kier alpha value is -2.51. The standard InChI is InChI=1S/C22H27N5OS/c1-17-14-20(18(2)27(17)8-5-19-4-3-13-29-19)21(28)16-25-9-11-26(12-10-25)22-15-23-6-7-24-22/h3-4,6-7,13-15H,5,8-12,16H2,1-2H3. The van der Waals surface area contributed by atoms with Gasteiger partial charge >= 0.3 is 0 Å². The molecule has 3 aromatic rings. The zero-order valence-corrected chi connectivity index (χ0v) is 17.9. The fourth-order valence-corrected chi connectivity index (χ4v) is 4.68. The summed E-state index contributed by atoms with van der Waals surface area (Å²) in [5.41, 5.74) is 3.11. The van der Waals surface area contributed by atoms with Gasteiger partial charge in [-0.25, -0.2) is 4.98 Å². The minimum absolute atomic E-state index is 0.216. The second-order valence-electron chi connectivity index (χ2n) is 7.52. The Balaban J connectivity index is 1.35. The van der Waals surface area contributed by atoms with Crippen LogP contribution in [0.15, 0.2) is 42.2 Å². The molecule has 6 nitrogen and oxygen atoms in total. The van der Waals surface area contributed by atoms with E-state index in [1.807, 2.05) is 0 Å². The second kappa shape index (κ2) is 8.88. The van der Waals surface area contributed by atoms with Gasteiger partial charge in [-0.1, -0.05) is 6.07 Å². The van der Waals surface area contributed by atoms with Crippen molar-refractivity contribution in [2.75, 3.05) is 37.6 Å². The van der Waals surface area contributed by atoms with Crippen molar-refractivity contribution >= 4 is 22.9 Å². The topological polar surface area (TPSA) is 54.3 Å². The van der Waals surface area contributed by atoms with Gasteiger partial charge in [-0.2, -0.15) is 0 Å². The first-order valence-electron chi connectivity index (χ1n) is 10.1. The molecule has 1 fully saturated rings. The molecule has 0 saturated carbocycles. The summed E-state index contributed by atoms with van der Waals surface area (Å²) in [5.74, 6) is 1.13. The van der Waals surface area contributed by atoms with Gasteiger partial charge in [0.25, 0.3) is 0 Å². The van der Waals surface area contributed by atoms with Gasteiger partial charge in [0.2, 0.25) is 0 Å². The fraction of sp³-hybridized carbons (Fsp3) is 0.409. The first-order chi connectivity index (χ1) is 14.1. The minimum Gasteiger partial charge on any atom is -0.353 e. The summed E-state index contributed by atoms with van der Waals surface area (Å²) in [4.78, 5) is 27.4. The van der Waals surface area contributed by atoms with Crippen molar-refractivity contribution in [3.8, 4) is 0 Å². The third-order valence-corrected chi connectivity index (χ3v) is 6.59. The maximum Gasteiger partial charge on any atom is 0.178 e. The molecule has 0 radical (unpaired) electrons. The lowest BCUT2D eigenvalue weighted by Crippen LogP contribution is -2.48. The molecule has 0 bridgehead atoms. The van der Waals surface area contributed by atoms with E-state index in [1.54, 1.807) is 29.9 Å². The van der Waals surface area contributed by atoms with E-state index < -0.39 is 0 Å². The van der Waals surface area contributed by atoms with E-state index >= 15 is 0 Å². The molecule has 1 aliphatic rings. The van der Waals surface area contributed by atoms with Crippen LogP contribution in [0.4, 0.5) is 5.82 Å². The molecule has 0 N–H and O–H groups in total. The van der Waals surface area contributed by atoms with Crippen molar-refractivity contribution < 1.29 is 4.79 Å². The number of Topliss-reactive ketones (excluding diaryl/α,β-unsaturated/α-hetero) is 1. The maximum atomic E-state index is 13.0. The third kappa shape index (κ3) is 4.57. The first kappa shape index (κ1) is 19.8. The van der Waals surface area contributed by atoms with E-state index in [-0.39, 0.29) is 5.78 Å². The molecule has 1 saturated heterocycles. The summed E-state index contributed by atoms with van der Waals surface area (Å²) in [6.07, 6.45) is 6.21. The predicted molar refractivity (Wildman–Crippen MR) is 117 cm³/mol. The van der Waals surface area contributed by atoms with Gasteiger partial charge in [-0.3, -0.25) is 14.7 Å². The zero-order valence-electron chi connectivity index (χ0n) is 17.0. The molecule has 1 aliphatic heterocycles. The molecule has 0 atom stereocenters. The number of ketones is 1. The van der Waals surface area contributed by atoms with Crippen LogP contribution in [0, 0.1) is 13.8 Å². The molecule has 0 spiro atoms. The number of rotatable bonds is 7. The Bertz CT molecular complexity index is 943. The lowest BCUT2D eigenvalue weighted by molar-refractivity contribution is 0.0925. The Labute approximate surface area is 175 Å². The highest BCUT2D eigenvalue weighted by Gasteiger charge is 2.22. The molecule has 29 heavy (non-hydrogen) atoms. The third-order valence-electron chi connectivity index (χ3n) is 5.65. The Morgan fingerprint density at radius 1 is 1.17 bits per heavy atom. The van der Waals surface area contributed by atoms with Crippen LogP contribution in [0.2, 0.25) is 0 Å². The second-order valence-corrected chi connectivity index (χ2v) is 8.55. The number of hydrogen-bond acceptors (Lipinski definition) is 6. The number of carbonyl (C=O) groups excluding carboxylic acids is 1. The van der Waals surface area contributed by atoms with Crippen molar-refractivity contribution in [1.29, 1.82) is 0 Å². The number of nitrogens with zero attached hydrogens (tertiary/aromatic N) is 5. The maximum absolute atomic E-state index is 13.0. The summed E-state index contributed by atoms with van der Waals surface area (Å²) in [6, 6.07) is 6.32. The van der Waals surface area contributed by atoms with Gasteiger partial charge in [-0.05, 0) is 37.8 Å². The van der Waals surface area contributed by atoms with Gasteiger partial charge in [0.05, 0.1) is 12.7 Å². The number of carbonyl (C=O) groups is 1. The van der Waals surface area contributed by atoms with E-state index in [0.29, 0.717) is 6.54 Å². The van der Waals surface area contributed by atoms with Gasteiger partial charge in [0.15, 0.2) is 5.78 Å². The molecule has 0 aromatic carbocycles. The smallest absolute Gasteiger partial charge is 0.178 e. The van der Waals surface area contributed by atoms with Crippen LogP contribution in [-0.2, 0) is 13.0 Å². The number of thiophene rings is 1. The van der Waals surface area contributed by atoms with Crippen molar-refractivity contribution in [2.24, 2.45) is 0 Å². The monoisotopic (exact) mass is 409 g/mol. The summed E-state index contributed by atoms with van der Waals surface area (Å²) < 4.78 is 2.28. The van der Waals surface area contributed by atoms with Crippen LogP contribution in [0.5, 0.6) is 0 Å². The van der Waals surface area contributed by atoms with Crippen LogP contribution in [0.3, 0.4) is 0 Å². The molecule has 4 rings (SSSR count). The summed E-state index contributed by atoms with van der Waals surface area (Å²) >= 11 is 1.79. The van der Waals surface area contributed by atoms with Gasteiger partial charge in [0.1, 0.15) is 5.82 Å². The first-order valence-corrected chi connectivity index (χ1v) is 11.0. The average Bonchev–Trinajstić information content (AvgIpc) is 3.36. The summed E-state index contributed by atoms with van der Waals surface area (Å²) in [7, 11) is 0. The molecule has 0 aliphatic carbocycles. The molecule has 0 amide bonds. The lowest BCUT2D eigenvalue weighted by atomic mass is 10.1. The fourth-order valence-electron chi connectivity index (χ4n) is 3.98. The zero-order chi connectivity index (χ0) is 20.2. The number of anilines is 1. The molecule has 0 unspecified atom stereocenters. The van der Waals surface area contributed by atoms with Crippen LogP contribution in [0.25, 0.3) is 0 Å². The van der Waals surface area contributed by atoms with E-state index in [2.05, 4.69) is 61.8 Å². The van der Waals surface area contributed by atoms with Gasteiger partial charge in [-0.15, -0.1) is 11.3 Å². The molecular formula is C22H27N5OS. The van der Waals surface area contributed by atoms with Crippen molar-refractivity contribution in [3.63, 3.8) is 0 Å². The highest BCUT2D eigenvalue weighted by Crippen LogP contribution is 2.19. The van der Waals surface area contributed by atoms with Gasteiger partial charge in [0, 0.05) is 66.9 Å². The normalized spacial score (nSPS) is 15.0.